The number of thiazole rings is 1. The lowest BCUT2D eigenvalue weighted by atomic mass is 10.1. The first kappa shape index (κ1) is 19.1. The first-order valence-electron chi connectivity index (χ1n) is 8.09. The van der Waals surface area contributed by atoms with Gasteiger partial charge in [-0.2, -0.15) is 0 Å². The van der Waals surface area contributed by atoms with E-state index in [9.17, 15) is 9.59 Å². The minimum Gasteiger partial charge on any atom is -0.462 e. The van der Waals surface area contributed by atoms with E-state index in [1.807, 2.05) is 0 Å². The quantitative estimate of drug-likeness (QED) is 0.628. The van der Waals surface area contributed by atoms with Gasteiger partial charge in [0, 0.05) is 5.56 Å². The van der Waals surface area contributed by atoms with Crippen LogP contribution in [0.25, 0.3) is 11.3 Å². The third kappa shape index (κ3) is 3.86. The van der Waals surface area contributed by atoms with Gasteiger partial charge >= 0.3 is 5.97 Å². The lowest BCUT2D eigenvalue weighted by Crippen LogP contribution is -2.13. The van der Waals surface area contributed by atoms with E-state index < -0.39 is 11.9 Å². The third-order valence-electron chi connectivity index (χ3n) is 3.70. The molecule has 3 aromatic rings. The molecule has 0 radical (unpaired) electrons. The van der Waals surface area contributed by atoms with Gasteiger partial charge in [0.15, 0.2) is 5.13 Å². The van der Waals surface area contributed by atoms with E-state index >= 15 is 0 Å². The van der Waals surface area contributed by atoms with Crippen LogP contribution in [0.5, 0.6) is 0 Å². The van der Waals surface area contributed by atoms with E-state index in [2.05, 4.69) is 15.5 Å². The summed E-state index contributed by atoms with van der Waals surface area (Å²) in [6, 6.07) is 7.04. The molecule has 0 saturated carbocycles. The first-order chi connectivity index (χ1) is 12.9. The van der Waals surface area contributed by atoms with Gasteiger partial charge in [-0.05, 0) is 26.8 Å². The lowest BCUT2D eigenvalue weighted by molar-refractivity contribution is 0.0531. The number of esters is 1. The predicted molar refractivity (Wildman–Crippen MR) is 102 cm³/mol. The molecule has 1 amide bonds. The Bertz CT molecular complexity index is 1010. The Morgan fingerprint density at radius 2 is 2.04 bits per heavy atom. The fourth-order valence-corrected chi connectivity index (χ4v) is 3.55. The minimum absolute atomic E-state index is 0.258. The van der Waals surface area contributed by atoms with Gasteiger partial charge in [-0.3, -0.25) is 10.1 Å². The van der Waals surface area contributed by atoms with Crippen LogP contribution >= 0.6 is 22.9 Å². The standard InChI is InChI=1S/C18H16ClN3O4S/c1-4-25-17(24)15-9(2)20-18(27-15)21-16(23)13-10(3)26-22-14(13)11-7-5-6-8-12(11)19/h5-8H,4H2,1-3H3,(H,20,21,23). The van der Waals surface area contributed by atoms with Gasteiger partial charge in [-0.25, -0.2) is 9.78 Å². The average molecular weight is 406 g/mol. The number of amides is 1. The summed E-state index contributed by atoms with van der Waals surface area (Å²) >= 11 is 7.27. The molecule has 1 N–H and O–H groups in total. The number of benzene rings is 1. The van der Waals surface area contributed by atoms with Crippen LogP contribution in [0.4, 0.5) is 5.13 Å². The first-order valence-corrected chi connectivity index (χ1v) is 9.28. The topological polar surface area (TPSA) is 94.3 Å². The number of hydrogen-bond donors (Lipinski definition) is 1. The second-order valence-electron chi connectivity index (χ2n) is 5.55. The minimum atomic E-state index is -0.467. The second-order valence-corrected chi connectivity index (χ2v) is 6.96. The van der Waals surface area contributed by atoms with Crippen molar-refractivity contribution in [2.75, 3.05) is 11.9 Å². The Hall–Kier alpha value is -2.71. The summed E-state index contributed by atoms with van der Waals surface area (Å²) in [4.78, 5) is 29.3. The number of aryl methyl sites for hydroxylation is 2. The van der Waals surface area contributed by atoms with Gasteiger partial charge < -0.3 is 9.26 Å². The van der Waals surface area contributed by atoms with E-state index in [1.54, 1.807) is 45.0 Å². The Balaban J connectivity index is 1.90. The summed E-state index contributed by atoms with van der Waals surface area (Å²) < 4.78 is 10.2. The zero-order valence-corrected chi connectivity index (χ0v) is 16.4. The van der Waals surface area contributed by atoms with Gasteiger partial charge in [0.25, 0.3) is 5.91 Å². The van der Waals surface area contributed by atoms with Crippen molar-refractivity contribution in [3.63, 3.8) is 0 Å². The van der Waals surface area contributed by atoms with Gasteiger partial charge in [0.1, 0.15) is 21.9 Å². The summed E-state index contributed by atoms with van der Waals surface area (Å²) in [6.45, 7) is 5.30. The number of rotatable bonds is 5. The Kier molecular flexibility index (Phi) is 5.57. The molecule has 0 aliphatic rings. The number of hydrogen-bond acceptors (Lipinski definition) is 7. The maximum atomic E-state index is 12.8. The Morgan fingerprint density at radius 1 is 1.30 bits per heavy atom. The number of halogens is 1. The molecule has 0 bridgehead atoms. The van der Waals surface area contributed by atoms with Gasteiger partial charge in [-0.1, -0.05) is 46.3 Å². The van der Waals surface area contributed by atoms with Crippen LogP contribution < -0.4 is 5.32 Å². The predicted octanol–water partition coefficient (Wildman–Crippen LogP) is 4.50. The summed E-state index contributed by atoms with van der Waals surface area (Å²) in [6.07, 6.45) is 0. The summed E-state index contributed by atoms with van der Waals surface area (Å²) in [5.74, 6) is -0.569. The van der Waals surface area contributed by atoms with Crippen LogP contribution in [0.2, 0.25) is 5.02 Å². The third-order valence-corrected chi connectivity index (χ3v) is 5.08. The van der Waals surface area contributed by atoms with Crippen LogP contribution in [0.15, 0.2) is 28.8 Å². The number of carbonyl (C=O) groups is 2. The molecule has 0 atom stereocenters. The van der Waals surface area contributed by atoms with Crippen molar-refractivity contribution in [3.05, 3.63) is 51.2 Å². The Labute approximate surface area is 164 Å². The largest absolute Gasteiger partial charge is 0.462 e. The maximum absolute atomic E-state index is 12.8. The molecule has 7 nitrogen and oxygen atoms in total. The van der Waals surface area contributed by atoms with E-state index in [1.165, 1.54) is 0 Å². The average Bonchev–Trinajstić information content (AvgIpc) is 3.18. The van der Waals surface area contributed by atoms with Crippen molar-refractivity contribution in [2.45, 2.75) is 20.8 Å². The SMILES string of the molecule is CCOC(=O)c1sc(NC(=O)c2c(-c3ccccc3Cl)noc2C)nc1C. The van der Waals surface area contributed by atoms with Crippen molar-refractivity contribution in [1.82, 2.24) is 10.1 Å². The molecule has 2 aromatic heterocycles. The van der Waals surface area contributed by atoms with Crippen molar-refractivity contribution < 1.29 is 18.8 Å². The van der Waals surface area contributed by atoms with Gasteiger partial charge in [0.2, 0.25) is 0 Å². The molecule has 0 saturated heterocycles. The number of ether oxygens (including phenoxy) is 1. The molecule has 0 spiro atoms. The fraction of sp³-hybridized carbons (Fsp3) is 0.222. The van der Waals surface area contributed by atoms with E-state index in [-0.39, 0.29) is 17.3 Å². The number of carbonyl (C=O) groups excluding carboxylic acids is 2. The van der Waals surface area contributed by atoms with Crippen LogP contribution in [-0.4, -0.2) is 28.6 Å². The fourth-order valence-electron chi connectivity index (χ4n) is 2.47. The summed E-state index contributed by atoms with van der Waals surface area (Å²) in [5.41, 5.74) is 1.67. The normalized spacial score (nSPS) is 10.7. The van der Waals surface area contributed by atoms with Crippen LogP contribution in [0, 0.1) is 13.8 Å². The smallest absolute Gasteiger partial charge is 0.350 e. The number of aromatic nitrogens is 2. The molecule has 27 heavy (non-hydrogen) atoms. The van der Waals surface area contributed by atoms with Crippen LogP contribution in [0.3, 0.4) is 0 Å². The highest BCUT2D eigenvalue weighted by Gasteiger charge is 2.25. The van der Waals surface area contributed by atoms with E-state index in [0.717, 1.165) is 11.3 Å². The summed E-state index contributed by atoms with van der Waals surface area (Å²) in [7, 11) is 0. The zero-order chi connectivity index (χ0) is 19.6. The molecule has 0 aliphatic heterocycles. The zero-order valence-electron chi connectivity index (χ0n) is 14.8. The highest BCUT2D eigenvalue weighted by molar-refractivity contribution is 7.17. The molecule has 140 valence electrons. The Morgan fingerprint density at radius 3 is 2.74 bits per heavy atom. The van der Waals surface area contributed by atoms with E-state index in [0.29, 0.717) is 32.6 Å². The molecule has 0 fully saturated rings. The maximum Gasteiger partial charge on any atom is 0.350 e. The number of nitrogens with one attached hydrogen (secondary N) is 1. The van der Waals surface area contributed by atoms with Crippen LogP contribution in [0.1, 0.15) is 38.4 Å². The number of anilines is 1. The monoisotopic (exact) mass is 405 g/mol. The molecular formula is C18H16ClN3O4S. The van der Waals surface area contributed by atoms with Gasteiger partial charge in [-0.15, -0.1) is 0 Å². The molecule has 1 aromatic carbocycles. The van der Waals surface area contributed by atoms with Crippen molar-refractivity contribution in [3.8, 4) is 11.3 Å². The van der Waals surface area contributed by atoms with Crippen molar-refractivity contribution in [2.24, 2.45) is 0 Å². The van der Waals surface area contributed by atoms with Crippen molar-refractivity contribution >= 4 is 39.9 Å². The molecule has 2 heterocycles. The highest BCUT2D eigenvalue weighted by atomic mass is 35.5. The molecule has 0 aliphatic carbocycles. The highest BCUT2D eigenvalue weighted by Crippen LogP contribution is 2.32. The molecular weight excluding hydrogens is 390 g/mol. The van der Waals surface area contributed by atoms with E-state index in [4.69, 9.17) is 20.9 Å². The molecule has 3 rings (SSSR count). The molecule has 9 heteroatoms. The lowest BCUT2D eigenvalue weighted by Gasteiger charge is -2.04. The van der Waals surface area contributed by atoms with Gasteiger partial charge in [0.05, 0.1) is 17.3 Å². The van der Waals surface area contributed by atoms with Crippen molar-refractivity contribution in [1.29, 1.82) is 0 Å². The number of nitrogens with zero attached hydrogens (tertiary/aromatic N) is 2. The van der Waals surface area contributed by atoms with Crippen LogP contribution in [-0.2, 0) is 4.74 Å². The summed E-state index contributed by atoms with van der Waals surface area (Å²) in [5, 5.41) is 7.40. The molecule has 0 unspecified atom stereocenters. The second kappa shape index (κ2) is 7.89.